The molecule has 0 heterocycles. The van der Waals surface area contributed by atoms with Crippen molar-refractivity contribution in [1.29, 1.82) is 0 Å². The van der Waals surface area contributed by atoms with Crippen molar-refractivity contribution < 1.29 is 19.7 Å². The molecule has 0 aliphatic heterocycles. The third kappa shape index (κ3) is 2.80. The summed E-state index contributed by atoms with van der Waals surface area (Å²) < 4.78 is 4.13. The van der Waals surface area contributed by atoms with Gasteiger partial charge >= 0.3 is 5.97 Å². The molecule has 0 aromatic heterocycles. The molecule has 0 fully saturated rings. The zero-order chi connectivity index (χ0) is 8.15. The molecule has 2 N–H and O–H groups in total. The van der Waals surface area contributed by atoms with Gasteiger partial charge in [0.2, 0.25) is 0 Å². The first-order valence-corrected chi connectivity index (χ1v) is 3.05. The molecule has 1 unspecified atom stereocenters. The zero-order valence-corrected chi connectivity index (χ0v) is 6.07. The molecule has 0 bridgehead atoms. The first-order valence-electron chi connectivity index (χ1n) is 3.05. The molecule has 0 saturated carbocycles. The van der Waals surface area contributed by atoms with E-state index in [1.54, 1.807) is 13.8 Å². The van der Waals surface area contributed by atoms with E-state index in [2.05, 4.69) is 4.74 Å². The first-order chi connectivity index (χ1) is 4.59. The van der Waals surface area contributed by atoms with E-state index < -0.39 is 18.9 Å². The molecule has 0 saturated heterocycles. The second-order valence-electron chi connectivity index (χ2n) is 2.28. The van der Waals surface area contributed by atoms with Gasteiger partial charge in [-0.1, -0.05) is 13.8 Å². The number of rotatable bonds is 3. The number of aliphatic hydroxyl groups is 2. The largest absolute Gasteiger partial charge is 0.437 e. The molecule has 0 aromatic rings. The zero-order valence-electron chi connectivity index (χ0n) is 6.07. The predicted octanol–water partition coefficient (Wildman–Crippen LogP) is -0.504. The Bertz CT molecular complexity index is 110. The van der Waals surface area contributed by atoms with E-state index in [1.807, 2.05) is 0 Å². The number of carbonyl (C=O) groups excluding carboxylic acids is 1. The average Bonchev–Trinajstić information content (AvgIpc) is 1.87. The Morgan fingerprint density at radius 1 is 1.60 bits per heavy atom. The molecule has 10 heavy (non-hydrogen) atoms. The fraction of sp³-hybridized carbons (Fsp3) is 0.833. The van der Waals surface area contributed by atoms with Gasteiger partial charge in [0, 0.05) is 0 Å². The van der Waals surface area contributed by atoms with Gasteiger partial charge in [-0.05, 0) is 5.92 Å². The molecular formula is C6H12O4. The van der Waals surface area contributed by atoms with Crippen molar-refractivity contribution in [1.82, 2.24) is 0 Å². The quantitative estimate of drug-likeness (QED) is 0.418. The fourth-order valence-electron chi connectivity index (χ4n) is 0.421. The highest BCUT2D eigenvalue weighted by molar-refractivity contribution is 5.74. The molecule has 0 spiro atoms. The summed E-state index contributed by atoms with van der Waals surface area (Å²) in [5.74, 6) is -0.962. The lowest BCUT2D eigenvalue weighted by atomic mass is 10.1. The summed E-state index contributed by atoms with van der Waals surface area (Å²) in [5, 5.41) is 17.1. The summed E-state index contributed by atoms with van der Waals surface area (Å²) in [6.45, 7) is 2.69. The van der Waals surface area contributed by atoms with Gasteiger partial charge in [-0.3, -0.25) is 0 Å². The van der Waals surface area contributed by atoms with Crippen molar-refractivity contribution in [2.24, 2.45) is 5.92 Å². The van der Waals surface area contributed by atoms with Crippen molar-refractivity contribution >= 4 is 5.97 Å². The fourth-order valence-corrected chi connectivity index (χ4v) is 0.421. The van der Waals surface area contributed by atoms with Crippen LogP contribution in [0.5, 0.6) is 0 Å². The van der Waals surface area contributed by atoms with Crippen LogP contribution < -0.4 is 0 Å². The number of hydrogen-bond acceptors (Lipinski definition) is 4. The van der Waals surface area contributed by atoms with Gasteiger partial charge in [-0.15, -0.1) is 0 Å². The Kier molecular flexibility index (Phi) is 3.99. The van der Waals surface area contributed by atoms with Crippen LogP contribution >= 0.6 is 0 Å². The van der Waals surface area contributed by atoms with Crippen LogP contribution in [-0.4, -0.2) is 29.1 Å². The minimum absolute atomic E-state index is 0.181. The second-order valence-corrected chi connectivity index (χ2v) is 2.28. The van der Waals surface area contributed by atoms with Crippen molar-refractivity contribution in [3.63, 3.8) is 0 Å². The smallest absolute Gasteiger partial charge is 0.337 e. The Hall–Kier alpha value is -0.610. The van der Waals surface area contributed by atoms with Crippen LogP contribution in [0.1, 0.15) is 13.8 Å². The van der Waals surface area contributed by atoms with E-state index in [0.29, 0.717) is 0 Å². The highest BCUT2D eigenvalue weighted by Gasteiger charge is 2.19. The molecular weight excluding hydrogens is 136 g/mol. The van der Waals surface area contributed by atoms with Crippen molar-refractivity contribution in [3.05, 3.63) is 0 Å². The molecule has 4 heteroatoms. The van der Waals surface area contributed by atoms with E-state index in [-0.39, 0.29) is 5.92 Å². The van der Waals surface area contributed by atoms with Gasteiger partial charge in [-0.25, -0.2) is 4.79 Å². The van der Waals surface area contributed by atoms with E-state index in [0.717, 1.165) is 0 Å². The molecule has 0 aliphatic rings. The minimum atomic E-state index is -1.13. The molecule has 0 radical (unpaired) electrons. The lowest BCUT2D eigenvalue weighted by molar-refractivity contribution is -0.164. The molecule has 0 aliphatic carbocycles. The number of hydrogen-bond donors (Lipinski definition) is 2. The lowest BCUT2D eigenvalue weighted by Gasteiger charge is -2.11. The predicted molar refractivity (Wildman–Crippen MR) is 34.0 cm³/mol. The Morgan fingerprint density at radius 3 is 2.40 bits per heavy atom. The number of ether oxygens (including phenoxy) is 1. The average molecular weight is 148 g/mol. The highest BCUT2D eigenvalue weighted by Crippen LogP contribution is 2.01. The van der Waals surface area contributed by atoms with Crippen LogP contribution in [0.2, 0.25) is 0 Å². The van der Waals surface area contributed by atoms with Gasteiger partial charge in [0.05, 0.1) is 0 Å². The van der Waals surface area contributed by atoms with Gasteiger partial charge < -0.3 is 14.9 Å². The van der Waals surface area contributed by atoms with Crippen molar-refractivity contribution in [3.8, 4) is 0 Å². The Balaban J connectivity index is 3.71. The van der Waals surface area contributed by atoms with E-state index in [9.17, 15) is 4.79 Å². The summed E-state index contributed by atoms with van der Waals surface area (Å²) in [6.07, 6.45) is -1.13. The van der Waals surface area contributed by atoms with Crippen LogP contribution in [0.4, 0.5) is 0 Å². The van der Waals surface area contributed by atoms with E-state index in [1.165, 1.54) is 0 Å². The summed E-state index contributed by atoms with van der Waals surface area (Å²) in [7, 11) is 0. The van der Waals surface area contributed by atoms with Crippen LogP contribution in [0.3, 0.4) is 0 Å². The van der Waals surface area contributed by atoms with Gasteiger partial charge in [-0.2, -0.15) is 0 Å². The van der Waals surface area contributed by atoms with Gasteiger partial charge in [0.1, 0.15) is 0 Å². The van der Waals surface area contributed by atoms with Crippen LogP contribution in [0, 0.1) is 5.92 Å². The Morgan fingerprint density at radius 2 is 2.10 bits per heavy atom. The topological polar surface area (TPSA) is 66.8 Å². The summed E-state index contributed by atoms with van der Waals surface area (Å²) >= 11 is 0. The maximum atomic E-state index is 10.6. The number of aliphatic hydroxyl groups excluding tert-OH is 2. The maximum absolute atomic E-state index is 10.6. The first kappa shape index (κ1) is 9.39. The van der Waals surface area contributed by atoms with Crippen LogP contribution in [0.15, 0.2) is 0 Å². The standard InChI is InChI=1S/C6H12O4/c1-4(2)5(8)6(9)10-3-7/h4-5,7-8H,3H2,1-2H3. The monoisotopic (exact) mass is 148 g/mol. The minimum Gasteiger partial charge on any atom is -0.437 e. The van der Waals surface area contributed by atoms with Crippen molar-refractivity contribution in [2.75, 3.05) is 6.79 Å². The van der Waals surface area contributed by atoms with Gasteiger partial charge in [0.25, 0.3) is 0 Å². The molecule has 1 atom stereocenters. The van der Waals surface area contributed by atoms with E-state index in [4.69, 9.17) is 10.2 Å². The SMILES string of the molecule is CC(C)C(O)C(=O)OCO. The van der Waals surface area contributed by atoms with Gasteiger partial charge in [0.15, 0.2) is 12.9 Å². The normalized spacial score (nSPS) is 13.3. The number of esters is 1. The summed E-state index contributed by atoms with van der Waals surface area (Å²) in [6, 6.07) is 0. The molecule has 4 nitrogen and oxygen atoms in total. The molecule has 60 valence electrons. The number of carbonyl (C=O) groups is 1. The third-order valence-electron chi connectivity index (χ3n) is 1.08. The summed E-state index contributed by atoms with van der Waals surface area (Å²) in [4.78, 5) is 10.6. The third-order valence-corrected chi connectivity index (χ3v) is 1.08. The maximum Gasteiger partial charge on any atom is 0.337 e. The molecule has 0 aromatic carbocycles. The highest BCUT2D eigenvalue weighted by atomic mass is 16.6. The van der Waals surface area contributed by atoms with E-state index >= 15 is 0 Å². The summed E-state index contributed by atoms with van der Waals surface area (Å²) in [5.41, 5.74) is 0. The molecule has 0 rings (SSSR count). The second kappa shape index (κ2) is 4.24. The lowest BCUT2D eigenvalue weighted by Crippen LogP contribution is -2.28. The Labute approximate surface area is 59.4 Å². The van der Waals surface area contributed by atoms with Crippen LogP contribution in [0.25, 0.3) is 0 Å². The van der Waals surface area contributed by atoms with Crippen LogP contribution in [-0.2, 0) is 9.53 Å². The van der Waals surface area contributed by atoms with Crippen molar-refractivity contribution in [2.45, 2.75) is 20.0 Å². The molecule has 0 amide bonds.